The summed E-state index contributed by atoms with van der Waals surface area (Å²) in [4.78, 5) is 11.7. The van der Waals surface area contributed by atoms with Gasteiger partial charge >= 0.3 is 5.97 Å². The third-order valence-corrected chi connectivity index (χ3v) is 3.61. The molecule has 90 valence electrons. The van der Waals surface area contributed by atoms with Gasteiger partial charge in [-0.05, 0) is 36.2 Å². The number of nitrogens with zero attached hydrogens (tertiary/aromatic N) is 2. The van der Waals surface area contributed by atoms with Gasteiger partial charge in [-0.1, -0.05) is 6.07 Å². The van der Waals surface area contributed by atoms with Crippen LogP contribution in [0.25, 0.3) is 21.3 Å². The van der Waals surface area contributed by atoms with E-state index in [-0.39, 0.29) is 5.69 Å². The van der Waals surface area contributed by atoms with Crippen molar-refractivity contribution in [3.05, 3.63) is 35.7 Å². The van der Waals surface area contributed by atoms with E-state index in [9.17, 15) is 4.79 Å². The molecule has 2 N–H and O–H groups in total. The van der Waals surface area contributed by atoms with Crippen LogP contribution in [0, 0.1) is 6.92 Å². The van der Waals surface area contributed by atoms with Gasteiger partial charge in [-0.3, -0.25) is 5.10 Å². The summed E-state index contributed by atoms with van der Waals surface area (Å²) < 4.78 is 3.94. The maximum absolute atomic E-state index is 10.9. The smallest absolute Gasteiger partial charge is 0.355 e. The van der Waals surface area contributed by atoms with Crippen LogP contribution in [0.3, 0.4) is 0 Å². The lowest BCUT2D eigenvalue weighted by molar-refractivity contribution is 0.0692. The number of benzene rings is 1. The van der Waals surface area contributed by atoms with E-state index in [1.54, 1.807) is 12.3 Å². The van der Waals surface area contributed by atoms with Crippen molar-refractivity contribution >= 4 is 28.4 Å². The maximum atomic E-state index is 10.9. The molecule has 0 saturated heterocycles. The molecular formula is C12H9N3O2S. The Bertz CT molecular complexity index is 745. The van der Waals surface area contributed by atoms with Crippen molar-refractivity contribution in [2.75, 3.05) is 0 Å². The molecule has 0 fully saturated rings. The fourth-order valence-corrected chi connectivity index (χ4v) is 2.80. The molecule has 1 aromatic carbocycles. The van der Waals surface area contributed by atoms with Gasteiger partial charge in [0, 0.05) is 10.9 Å². The number of rotatable bonds is 2. The summed E-state index contributed by atoms with van der Waals surface area (Å²) in [5.41, 5.74) is 3.08. The Morgan fingerprint density at radius 3 is 3.00 bits per heavy atom. The molecule has 2 heterocycles. The number of carboxylic acids is 1. The van der Waals surface area contributed by atoms with Crippen LogP contribution in [-0.4, -0.2) is 25.6 Å². The van der Waals surface area contributed by atoms with Crippen LogP contribution in [0.4, 0.5) is 0 Å². The van der Waals surface area contributed by atoms with Crippen LogP contribution >= 0.6 is 11.5 Å². The van der Waals surface area contributed by atoms with Gasteiger partial charge < -0.3 is 5.11 Å². The molecule has 2 aromatic heterocycles. The van der Waals surface area contributed by atoms with Crippen molar-refractivity contribution in [3.63, 3.8) is 0 Å². The molecule has 0 aliphatic carbocycles. The van der Waals surface area contributed by atoms with Gasteiger partial charge in [-0.2, -0.15) is 9.47 Å². The minimum Gasteiger partial charge on any atom is -0.476 e. The lowest BCUT2D eigenvalue weighted by atomic mass is 10.0. The fraction of sp³-hybridized carbons (Fsp3) is 0.0833. The molecule has 0 atom stereocenters. The summed E-state index contributed by atoms with van der Waals surface area (Å²) in [5, 5.41) is 16.8. The van der Waals surface area contributed by atoms with E-state index >= 15 is 0 Å². The molecule has 0 aliphatic rings. The quantitative estimate of drug-likeness (QED) is 0.741. The Kier molecular flexibility index (Phi) is 2.38. The predicted molar refractivity (Wildman–Crippen MR) is 68.9 cm³/mol. The summed E-state index contributed by atoms with van der Waals surface area (Å²) in [6, 6.07) is 5.54. The first kappa shape index (κ1) is 10.9. The Labute approximate surface area is 106 Å². The van der Waals surface area contributed by atoms with Crippen molar-refractivity contribution in [1.29, 1.82) is 0 Å². The summed E-state index contributed by atoms with van der Waals surface area (Å²) in [6.45, 7) is 1.99. The van der Waals surface area contributed by atoms with Crippen LogP contribution in [-0.2, 0) is 0 Å². The molecule has 0 bridgehead atoms. The van der Waals surface area contributed by atoms with Gasteiger partial charge in [0.05, 0.1) is 16.6 Å². The second-order valence-corrected chi connectivity index (χ2v) is 4.78. The molecular weight excluding hydrogens is 250 g/mol. The Morgan fingerprint density at radius 2 is 2.28 bits per heavy atom. The summed E-state index contributed by atoms with van der Waals surface area (Å²) in [6.07, 6.45) is 1.75. The van der Waals surface area contributed by atoms with E-state index in [2.05, 4.69) is 14.6 Å². The third-order valence-electron chi connectivity index (χ3n) is 2.81. The van der Waals surface area contributed by atoms with E-state index in [4.69, 9.17) is 5.11 Å². The molecule has 0 spiro atoms. The number of fused-ring (bicyclic) bond motifs is 1. The normalized spacial score (nSPS) is 10.9. The largest absolute Gasteiger partial charge is 0.476 e. The Balaban J connectivity index is 2.26. The van der Waals surface area contributed by atoms with E-state index in [1.807, 2.05) is 19.1 Å². The minimum atomic E-state index is -1.01. The Morgan fingerprint density at radius 1 is 1.44 bits per heavy atom. The second-order valence-electron chi connectivity index (χ2n) is 3.97. The van der Waals surface area contributed by atoms with Crippen LogP contribution in [0.5, 0.6) is 0 Å². The SMILES string of the molecule is Cc1ccc2[nH]ncc2c1-c1cc(C(=O)O)ns1. The first-order valence-corrected chi connectivity index (χ1v) is 6.07. The molecule has 0 unspecified atom stereocenters. The molecule has 6 heteroatoms. The highest BCUT2D eigenvalue weighted by Gasteiger charge is 2.14. The number of aromatic amines is 1. The zero-order valence-corrected chi connectivity index (χ0v) is 10.3. The first-order chi connectivity index (χ1) is 8.66. The number of aromatic nitrogens is 3. The topological polar surface area (TPSA) is 78.9 Å². The van der Waals surface area contributed by atoms with Gasteiger partial charge in [0.1, 0.15) is 0 Å². The van der Waals surface area contributed by atoms with Crippen molar-refractivity contribution in [3.8, 4) is 10.4 Å². The van der Waals surface area contributed by atoms with Crippen molar-refractivity contribution < 1.29 is 9.90 Å². The molecule has 0 radical (unpaired) electrons. The molecule has 0 aliphatic heterocycles. The highest BCUT2D eigenvalue weighted by molar-refractivity contribution is 7.09. The summed E-state index contributed by atoms with van der Waals surface area (Å²) in [7, 11) is 0. The van der Waals surface area contributed by atoms with Crippen LogP contribution in [0.2, 0.25) is 0 Å². The van der Waals surface area contributed by atoms with Crippen molar-refractivity contribution in [2.45, 2.75) is 6.92 Å². The zero-order valence-electron chi connectivity index (χ0n) is 9.47. The third kappa shape index (κ3) is 1.58. The monoisotopic (exact) mass is 259 g/mol. The summed E-state index contributed by atoms with van der Waals surface area (Å²) in [5.74, 6) is -1.01. The number of nitrogens with one attached hydrogen (secondary N) is 1. The molecule has 3 aromatic rings. The standard InChI is InChI=1S/C12H9N3O2S/c1-6-2-3-8-7(5-13-14-8)11(6)10-4-9(12(16)17)15-18-10/h2-5H,1H3,(H,13,14)(H,16,17). The highest BCUT2D eigenvalue weighted by atomic mass is 32.1. The van der Waals surface area contributed by atoms with E-state index in [0.717, 1.165) is 26.9 Å². The second kappa shape index (κ2) is 3.92. The molecule has 0 amide bonds. The zero-order chi connectivity index (χ0) is 12.7. The average molecular weight is 259 g/mol. The van der Waals surface area contributed by atoms with Crippen molar-refractivity contribution in [2.24, 2.45) is 0 Å². The van der Waals surface area contributed by atoms with Gasteiger partial charge in [0.25, 0.3) is 0 Å². The van der Waals surface area contributed by atoms with E-state index in [1.165, 1.54) is 11.5 Å². The number of H-pyrrole nitrogens is 1. The van der Waals surface area contributed by atoms with Crippen LogP contribution < -0.4 is 0 Å². The summed E-state index contributed by atoms with van der Waals surface area (Å²) >= 11 is 1.19. The lowest BCUT2D eigenvalue weighted by Crippen LogP contribution is -1.94. The highest BCUT2D eigenvalue weighted by Crippen LogP contribution is 2.33. The van der Waals surface area contributed by atoms with Gasteiger partial charge in [-0.15, -0.1) is 0 Å². The van der Waals surface area contributed by atoms with Gasteiger partial charge in [-0.25, -0.2) is 4.79 Å². The number of aryl methyl sites for hydroxylation is 1. The minimum absolute atomic E-state index is 0.0786. The van der Waals surface area contributed by atoms with E-state index < -0.39 is 5.97 Å². The molecule has 18 heavy (non-hydrogen) atoms. The average Bonchev–Trinajstić information content (AvgIpc) is 2.95. The molecule has 3 rings (SSSR count). The number of carbonyl (C=O) groups is 1. The van der Waals surface area contributed by atoms with Gasteiger partial charge in [0.2, 0.25) is 0 Å². The lowest BCUT2D eigenvalue weighted by Gasteiger charge is -2.03. The predicted octanol–water partition coefficient (Wildman–Crippen LogP) is 2.69. The number of aromatic carboxylic acids is 1. The number of hydrogen-bond acceptors (Lipinski definition) is 4. The van der Waals surface area contributed by atoms with Gasteiger partial charge in [0.15, 0.2) is 5.69 Å². The van der Waals surface area contributed by atoms with Crippen molar-refractivity contribution in [1.82, 2.24) is 14.6 Å². The molecule has 5 nitrogen and oxygen atoms in total. The maximum Gasteiger partial charge on any atom is 0.355 e. The Hall–Kier alpha value is -2.21. The fourth-order valence-electron chi connectivity index (χ4n) is 1.95. The molecule has 0 saturated carbocycles. The van der Waals surface area contributed by atoms with Crippen LogP contribution in [0.1, 0.15) is 16.1 Å². The first-order valence-electron chi connectivity index (χ1n) is 5.30. The number of carboxylic acid groups (broad SMARTS) is 1. The van der Waals surface area contributed by atoms with E-state index in [0.29, 0.717) is 0 Å². The van der Waals surface area contributed by atoms with Crippen LogP contribution in [0.15, 0.2) is 24.4 Å². The number of hydrogen-bond donors (Lipinski definition) is 2.